The van der Waals surface area contributed by atoms with Crippen LogP contribution in [0.3, 0.4) is 0 Å². The summed E-state index contributed by atoms with van der Waals surface area (Å²) in [6, 6.07) is 15.7. The molecule has 31 heavy (non-hydrogen) atoms. The molecular weight excluding hydrogens is 453 g/mol. The summed E-state index contributed by atoms with van der Waals surface area (Å²) in [5.41, 5.74) is 2.21. The zero-order valence-corrected chi connectivity index (χ0v) is 19.2. The molecule has 1 aliphatic heterocycles. The molecule has 0 radical (unpaired) electrons. The van der Waals surface area contributed by atoms with Crippen LogP contribution in [-0.2, 0) is 0 Å². The molecule has 160 valence electrons. The summed E-state index contributed by atoms with van der Waals surface area (Å²) >= 11 is 13.8. The fourth-order valence-electron chi connectivity index (χ4n) is 4.11. The SMILES string of the molecule is Cc1nc2sc([C@@H](c3ccc(Cl)cc3)N3CCN(c4cccc(Cl)c4)CC3)c(O)n2n1. The highest BCUT2D eigenvalue weighted by Crippen LogP contribution is 2.40. The minimum atomic E-state index is -0.104. The maximum atomic E-state index is 11.0. The van der Waals surface area contributed by atoms with Gasteiger partial charge in [-0.05, 0) is 42.8 Å². The maximum Gasteiger partial charge on any atom is 0.230 e. The molecule has 0 spiro atoms. The lowest BCUT2D eigenvalue weighted by molar-refractivity contribution is 0.211. The van der Waals surface area contributed by atoms with Crippen molar-refractivity contribution in [2.75, 3.05) is 31.1 Å². The Kier molecular flexibility index (Phi) is 5.52. The van der Waals surface area contributed by atoms with Crippen LogP contribution in [0, 0.1) is 6.92 Å². The number of aryl methyl sites for hydroxylation is 1. The summed E-state index contributed by atoms with van der Waals surface area (Å²) in [4.78, 5) is 10.7. The highest BCUT2D eigenvalue weighted by atomic mass is 35.5. The topological polar surface area (TPSA) is 56.9 Å². The average Bonchev–Trinajstić information content (AvgIpc) is 3.27. The van der Waals surface area contributed by atoms with Crippen LogP contribution in [0.4, 0.5) is 5.69 Å². The van der Waals surface area contributed by atoms with E-state index in [1.807, 2.05) is 49.4 Å². The van der Waals surface area contributed by atoms with Crippen molar-refractivity contribution in [1.82, 2.24) is 19.5 Å². The molecule has 0 unspecified atom stereocenters. The molecule has 5 rings (SSSR count). The number of hydrogen-bond donors (Lipinski definition) is 1. The van der Waals surface area contributed by atoms with Crippen LogP contribution < -0.4 is 4.90 Å². The zero-order valence-electron chi connectivity index (χ0n) is 16.9. The number of thiazole rings is 1. The smallest absolute Gasteiger partial charge is 0.230 e. The first kappa shape index (κ1) is 20.6. The first-order valence-electron chi connectivity index (χ1n) is 10.0. The molecule has 4 aromatic rings. The Labute approximate surface area is 194 Å². The van der Waals surface area contributed by atoms with Crippen LogP contribution in [0.1, 0.15) is 22.3 Å². The fraction of sp³-hybridized carbons (Fsp3) is 0.273. The normalized spacial score (nSPS) is 16.2. The minimum Gasteiger partial charge on any atom is -0.492 e. The molecule has 0 amide bonds. The number of aromatic nitrogens is 3. The van der Waals surface area contributed by atoms with Gasteiger partial charge in [0.25, 0.3) is 0 Å². The molecule has 2 aromatic heterocycles. The van der Waals surface area contributed by atoms with Gasteiger partial charge in [0.05, 0.1) is 10.9 Å². The van der Waals surface area contributed by atoms with E-state index >= 15 is 0 Å². The van der Waals surface area contributed by atoms with Gasteiger partial charge in [-0.25, -0.2) is 4.98 Å². The number of rotatable bonds is 4. The molecule has 1 saturated heterocycles. The molecule has 1 N–H and O–H groups in total. The third-order valence-electron chi connectivity index (χ3n) is 5.59. The quantitative estimate of drug-likeness (QED) is 0.450. The van der Waals surface area contributed by atoms with Gasteiger partial charge in [0, 0.05) is 41.9 Å². The van der Waals surface area contributed by atoms with E-state index in [9.17, 15) is 5.11 Å². The second-order valence-electron chi connectivity index (χ2n) is 7.60. The van der Waals surface area contributed by atoms with Gasteiger partial charge in [0.1, 0.15) is 5.82 Å². The lowest BCUT2D eigenvalue weighted by Gasteiger charge is -2.40. The third kappa shape index (κ3) is 3.99. The van der Waals surface area contributed by atoms with E-state index in [0.29, 0.717) is 15.8 Å². The second kappa shape index (κ2) is 8.31. The number of piperazine rings is 1. The Morgan fingerprint density at radius 2 is 1.74 bits per heavy atom. The monoisotopic (exact) mass is 473 g/mol. The highest BCUT2D eigenvalue weighted by molar-refractivity contribution is 7.17. The van der Waals surface area contributed by atoms with Gasteiger partial charge in [-0.2, -0.15) is 4.52 Å². The van der Waals surface area contributed by atoms with Gasteiger partial charge >= 0.3 is 0 Å². The number of benzene rings is 2. The van der Waals surface area contributed by atoms with E-state index in [2.05, 4.69) is 25.9 Å². The lowest BCUT2D eigenvalue weighted by atomic mass is 10.0. The van der Waals surface area contributed by atoms with Crippen molar-refractivity contribution in [1.29, 1.82) is 0 Å². The van der Waals surface area contributed by atoms with Crippen molar-refractivity contribution in [3.63, 3.8) is 0 Å². The summed E-state index contributed by atoms with van der Waals surface area (Å²) in [6.07, 6.45) is 0. The van der Waals surface area contributed by atoms with E-state index in [0.717, 1.165) is 47.3 Å². The minimum absolute atomic E-state index is 0.104. The molecule has 0 bridgehead atoms. The number of anilines is 1. The Balaban J connectivity index is 1.47. The number of nitrogens with zero attached hydrogens (tertiary/aromatic N) is 5. The van der Waals surface area contributed by atoms with E-state index in [-0.39, 0.29) is 11.9 Å². The molecule has 1 aliphatic rings. The first-order chi connectivity index (χ1) is 15.0. The van der Waals surface area contributed by atoms with Gasteiger partial charge in [0.2, 0.25) is 10.8 Å². The van der Waals surface area contributed by atoms with Gasteiger partial charge in [-0.3, -0.25) is 4.90 Å². The Hall–Kier alpha value is -2.32. The number of halogens is 2. The molecule has 0 aliphatic carbocycles. The van der Waals surface area contributed by atoms with Crippen molar-refractivity contribution in [2.24, 2.45) is 0 Å². The summed E-state index contributed by atoms with van der Waals surface area (Å²) < 4.78 is 1.53. The molecule has 2 aromatic carbocycles. The van der Waals surface area contributed by atoms with Crippen molar-refractivity contribution in [2.45, 2.75) is 13.0 Å². The molecular formula is C22H21Cl2N5OS. The van der Waals surface area contributed by atoms with Crippen molar-refractivity contribution >= 4 is 45.2 Å². The fourth-order valence-corrected chi connectivity index (χ4v) is 5.58. The number of aromatic hydroxyl groups is 1. The van der Waals surface area contributed by atoms with Crippen molar-refractivity contribution in [3.8, 4) is 5.88 Å². The Bertz CT molecular complexity index is 1210. The van der Waals surface area contributed by atoms with E-state index in [1.165, 1.54) is 15.9 Å². The molecule has 0 saturated carbocycles. The third-order valence-corrected chi connectivity index (χ3v) is 7.15. The lowest BCUT2D eigenvalue weighted by Crippen LogP contribution is -2.47. The molecule has 6 nitrogen and oxygen atoms in total. The summed E-state index contributed by atoms with van der Waals surface area (Å²) in [5, 5.41) is 16.7. The molecule has 1 fully saturated rings. The number of hydrogen-bond acceptors (Lipinski definition) is 6. The van der Waals surface area contributed by atoms with Crippen LogP contribution in [0.2, 0.25) is 10.0 Å². The highest BCUT2D eigenvalue weighted by Gasteiger charge is 2.31. The van der Waals surface area contributed by atoms with Gasteiger partial charge in [0.15, 0.2) is 0 Å². The standard InChI is InChI=1S/C22H21Cl2N5OS/c1-14-25-22-29(26-14)21(30)20(31-22)19(15-5-7-16(23)8-6-15)28-11-9-27(10-12-28)18-4-2-3-17(24)13-18/h2-8,13,19,30H,9-12H2,1H3/t19-/m1/s1. The predicted octanol–water partition coefficient (Wildman–Crippen LogP) is 5.02. The van der Waals surface area contributed by atoms with Crippen molar-refractivity contribution in [3.05, 3.63) is 74.8 Å². The average molecular weight is 474 g/mol. The van der Waals surface area contributed by atoms with Crippen LogP contribution in [0.15, 0.2) is 48.5 Å². The second-order valence-corrected chi connectivity index (χ2v) is 9.48. The summed E-state index contributed by atoms with van der Waals surface area (Å²) in [5.74, 6) is 0.795. The molecule has 1 atom stereocenters. The van der Waals surface area contributed by atoms with E-state index in [1.54, 1.807) is 0 Å². The zero-order chi connectivity index (χ0) is 21.5. The Morgan fingerprint density at radius 1 is 1.00 bits per heavy atom. The van der Waals surface area contributed by atoms with E-state index < -0.39 is 0 Å². The summed E-state index contributed by atoms with van der Waals surface area (Å²) in [6.45, 7) is 5.23. The largest absolute Gasteiger partial charge is 0.492 e. The Morgan fingerprint density at radius 3 is 2.42 bits per heavy atom. The molecule has 9 heteroatoms. The van der Waals surface area contributed by atoms with Crippen LogP contribution >= 0.6 is 34.5 Å². The summed E-state index contributed by atoms with van der Waals surface area (Å²) in [7, 11) is 0. The van der Waals surface area contributed by atoms with E-state index in [4.69, 9.17) is 23.2 Å². The van der Waals surface area contributed by atoms with Gasteiger partial charge in [-0.15, -0.1) is 5.10 Å². The van der Waals surface area contributed by atoms with Crippen LogP contribution in [0.5, 0.6) is 5.88 Å². The predicted molar refractivity (Wildman–Crippen MR) is 126 cm³/mol. The maximum absolute atomic E-state index is 11.0. The van der Waals surface area contributed by atoms with Crippen LogP contribution in [-0.4, -0.2) is 50.8 Å². The van der Waals surface area contributed by atoms with Gasteiger partial charge < -0.3 is 10.0 Å². The first-order valence-corrected chi connectivity index (χ1v) is 11.6. The van der Waals surface area contributed by atoms with Crippen molar-refractivity contribution < 1.29 is 5.11 Å². The number of fused-ring (bicyclic) bond motifs is 1. The van der Waals surface area contributed by atoms with Crippen LogP contribution in [0.25, 0.3) is 4.96 Å². The molecule has 3 heterocycles. The van der Waals surface area contributed by atoms with Gasteiger partial charge in [-0.1, -0.05) is 52.7 Å².